The van der Waals surface area contributed by atoms with Crippen LogP contribution in [0.3, 0.4) is 0 Å². The average molecular weight is 349 g/mol. The smallest absolute Gasteiger partial charge is 0.234 e. The van der Waals surface area contributed by atoms with Gasteiger partial charge in [-0.15, -0.1) is 0 Å². The van der Waals surface area contributed by atoms with Crippen molar-refractivity contribution >= 4 is 11.8 Å². The molecule has 1 aliphatic rings. The van der Waals surface area contributed by atoms with Crippen LogP contribution in [0.5, 0.6) is 5.75 Å². The van der Waals surface area contributed by atoms with Crippen molar-refractivity contribution in [3.63, 3.8) is 0 Å². The zero-order valence-corrected chi connectivity index (χ0v) is 15.1. The fourth-order valence-electron chi connectivity index (χ4n) is 3.16. The van der Waals surface area contributed by atoms with Gasteiger partial charge in [0.2, 0.25) is 11.8 Å². The van der Waals surface area contributed by atoms with Gasteiger partial charge in [-0.2, -0.15) is 0 Å². The van der Waals surface area contributed by atoms with Crippen molar-refractivity contribution in [2.75, 3.05) is 6.61 Å². The summed E-state index contributed by atoms with van der Waals surface area (Å²) < 4.78 is 5.66. The third kappa shape index (κ3) is 4.20. The van der Waals surface area contributed by atoms with Crippen LogP contribution in [-0.2, 0) is 16.0 Å². The fourth-order valence-corrected chi connectivity index (χ4v) is 3.16. The summed E-state index contributed by atoms with van der Waals surface area (Å²) in [5.74, 6) is -0.533. The Balaban J connectivity index is 1.76. The number of ether oxygens (including phenoxy) is 1. The molecule has 26 heavy (non-hydrogen) atoms. The van der Waals surface area contributed by atoms with E-state index in [-0.39, 0.29) is 17.7 Å². The summed E-state index contributed by atoms with van der Waals surface area (Å²) in [4.78, 5) is 24.6. The van der Waals surface area contributed by atoms with Gasteiger partial charge in [-0.3, -0.25) is 14.9 Å². The predicted molar refractivity (Wildman–Crippen MR) is 101 cm³/mol. The summed E-state index contributed by atoms with van der Waals surface area (Å²) in [6.07, 6.45) is 2.55. The minimum atomic E-state index is -0.463. The van der Waals surface area contributed by atoms with Gasteiger partial charge in [0, 0.05) is 0 Å². The lowest BCUT2D eigenvalue weighted by molar-refractivity contribution is -0.125. The molecule has 2 aromatic rings. The molecule has 0 bridgehead atoms. The lowest BCUT2D eigenvalue weighted by Gasteiger charge is -2.16. The first-order valence-corrected chi connectivity index (χ1v) is 8.79. The molecule has 1 N–H and O–H groups in total. The van der Waals surface area contributed by atoms with Crippen LogP contribution in [0.4, 0.5) is 0 Å². The summed E-state index contributed by atoms with van der Waals surface area (Å²) in [6, 6.07) is 17.2. The van der Waals surface area contributed by atoms with Crippen LogP contribution < -0.4 is 10.1 Å². The number of hydrogen-bond donors (Lipinski definition) is 1. The number of nitrogens with one attached hydrogen (secondary N) is 1. The Labute approximate surface area is 153 Å². The van der Waals surface area contributed by atoms with Crippen molar-refractivity contribution in [3.8, 4) is 5.75 Å². The van der Waals surface area contributed by atoms with E-state index in [1.165, 1.54) is 5.57 Å². The molecule has 1 saturated heterocycles. The molecule has 2 atom stereocenters. The molecule has 1 heterocycles. The normalized spacial score (nSPS) is 19.2. The van der Waals surface area contributed by atoms with Gasteiger partial charge in [-0.1, -0.05) is 48.0 Å². The number of rotatable bonds is 6. The first kappa shape index (κ1) is 17.9. The van der Waals surface area contributed by atoms with Gasteiger partial charge in [-0.25, -0.2) is 0 Å². The Kier molecular flexibility index (Phi) is 5.52. The van der Waals surface area contributed by atoms with E-state index in [4.69, 9.17) is 4.74 Å². The molecule has 2 amide bonds. The topological polar surface area (TPSA) is 55.4 Å². The molecule has 4 heteroatoms. The molecule has 0 radical (unpaired) electrons. The molecule has 1 fully saturated rings. The van der Waals surface area contributed by atoms with Gasteiger partial charge < -0.3 is 4.74 Å². The summed E-state index contributed by atoms with van der Waals surface area (Å²) in [5, 5.41) is 2.48. The second-order valence-corrected chi connectivity index (χ2v) is 6.79. The SMILES string of the molecule is CC(C)=CCOc1ccc(C2C(=O)NC(=O)C2Cc2ccccc2)cc1. The summed E-state index contributed by atoms with van der Waals surface area (Å²) >= 11 is 0. The van der Waals surface area contributed by atoms with Crippen molar-refractivity contribution in [1.29, 1.82) is 0 Å². The van der Waals surface area contributed by atoms with Crippen LogP contribution in [0.25, 0.3) is 0 Å². The molecule has 0 aliphatic carbocycles. The zero-order valence-electron chi connectivity index (χ0n) is 15.1. The van der Waals surface area contributed by atoms with Gasteiger partial charge in [0.05, 0.1) is 11.8 Å². The van der Waals surface area contributed by atoms with E-state index in [2.05, 4.69) is 5.32 Å². The van der Waals surface area contributed by atoms with E-state index < -0.39 is 5.92 Å². The first-order valence-electron chi connectivity index (χ1n) is 8.79. The molecular weight excluding hydrogens is 326 g/mol. The number of allylic oxidation sites excluding steroid dienone is 1. The average Bonchev–Trinajstić information content (AvgIpc) is 2.90. The zero-order chi connectivity index (χ0) is 18.5. The van der Waals surface area contributed by atoms with Crippen molar-refractivity contribution in [2.45, 2.75) is 26.2 Å². The number of carbonyl (C=O) groups is 2. The Morgan fingerprint density at radius 3 is 2.35 bits per heavy atom. The van der Waals surface area contributed by atoms with Gasteiger partial charge in [0.1, 0.15) is 12.4 Å². The van der Waals surface area contributed by atoms with Crippen LogP contribution in [0.1, 0.15) is 30.9 Å². The molecule has 0 saturated carbocycles. The maximum Gasteiger partial charge on any atom is 0.234 e. The molecule has 4 nitrogen and oxygen atoms in total. The standard InChI is InChI=1S/C22H23NO3/c1-15(2)12-13-26-18-10-8-17(9-11-18)20-19(21(24)23-22(20)25)14-16-6-4-3-5-7-16/h3-12,19-20H,13-14H2,1-2H3,(H,23,24,25). The molecular formula is C22H23NO3. The quantitative estimate of drug-likeness (QED) is 0.640. The van der Waals surface area contributed by atoms with E-state index >= 15 is 0 Å². The van der Waals surface area contributed by atoms with E-state index in [0.717, 1.165) is 16.9 Å². The van der Waals surface area contributed by atoms with E-state index in [1.807, 2.05) is 74.5 Å². The molecule has 0 aromatic heterocycles. The number of imide groups is 1. The highest BCUT2D eigenvalue weighted by Crippen LogP contribution is 2.33. The third-order valence-electron chi connectivity index (χ3n) is 4.55. The van der Waals surface area contributed by atoms with E-state index in [1.54, 1.807) is 0 Å². The lowest BCUT2D eigenvalue weighted by atomic mass is 9.84. The van der Waals surface area contributed by atoms with Gasteiger partial charge in [0.15, 0.2) is 0 Å². The minimum absolute atomic E-state index is 0.201. The molecule has 134 valence electrons. The highest BCUT2D eigenvalue weighted by Gasteiger charge is 2.42. The van der Waals surface area contributed by atoms with Crippen molar-refractivity contribution < 1.29 is 14.3 Å². The van der Waals surface area contributed by atoms with Crippen LogP contribution >= 0.6 is 0 Å². The van der Waals surface area contributed by atoms with Crippen LogP contribution in [0.15, 0.2) is 66.2 Å². The largest absolute Gasteiger partial charge is 0.490 e. The second kappa shape index (κ2) is 8.00. The second-order valence-electron chi connectivity index (χ2n) is 6.79. The Hall–Kier alpha value is -2.88. The van der Waals surface area contributed by atoms with Gasteiger partial charge >= 0.3 is 0 Å². The maximum absolute atomic E-state index is 12.3. The molecule has 0 spiro atoms. The monoisotopic (exact) mass is 349 g/mol. The summed E-state index contributed by atoms with van der Waals surface area (Å²) in [7, 11) is 0. The Bertz CT molecular complexity index is 805. The van der Waals surface area contributed by atoms with Crippen molar-refractivity contribution in [2.24, 2.45) is 5.92 Å². The van der Waals surface area contributed by atoms with Crippen molar-refractivity contribution in [1.82, 2.24) is 5.32 Å². The number of amides is 2. The molecule has 2 aromatic carbocycles. The van der Waals surface area contributed by atoms with Gasteiger partial charge in [0.25, 0.3) is 0 Å². The van der Waals surface area contributed by atoms with Gasteiger partial charge in [-0.05, 0) is 49.6 Å². The highest BCUT2D eigenvalue weighted by molar-refractivity contribution is 6.07. The molecule has 1 aliphatic heterocycles. The summed E-state index contributed by atoms with van der Waals surface area (Å²) in [6.45, 7) is 4.56. The van der Waals surface area contributed by atoms with Crippen molar-refractivity contribution in [3.05, 3.63) is 77.4 Å². The van der Waals surface area contributed by atoms with Crippen LogP contribution in [0, 0.1) is 5.92 Å². The predicted octanol–water partition coefficient (Wildman–Crippen LogP) is 3.63. The Morgan fingerprint density at radius 1 is 1.00 bits per heavy atom. The highest BCUT2D eigenvalue weighted by atomic mass is 16.5. The number of carbonyl (C=O) groups excluding carboxylic acids is 2. The van der Waals surface area contributed by atoms with Crippen LogP contribution in [0.2, 0.25) is 0 Å². The summed E-state index contributed by atoms with van der Waals surface area (Å²) in [5.41, 5.74) is 3.09. The fraction of sp³-hybridized carbons (Fsp3) is 0.273. The number of hydrogen-bond acceptors (Lipinski definition) is 3. The first-order chi connectivity index (χ1) is 12.5. The molecule has 2 unspecified atom stereocenters. The Morgan fingerprint density at radius 2 is 1.69 bits per heavy atom. The maximum atomic E-state index is 12.3. The minimum Gasteiger partial charge on any atom is -0.490 e. The lowest BCUT2D eigenvalue weighted by Crippen LogP contribution is -2.22. The van der Waals surface area contributed by atoms with Crippen LogP contribution in [-0.4, -0.2) is 18.4 Å². The third-order valence-corrected chi connectivity index (χ3v) is 4.55. The number of benzene rings is 2. The molecule has 3 rings (SSSR count). The van der Waals surface area contributed by atoms with E-state index in [0.29, 0.717) is 13.0 Å². The van der Waals surface area contributed by atoms with E-state index in [9.17, 15) is 9.59 Å².